The minimum atomic E-state index is 0.576. The molecule has 0 aliphatic heterocycles. The molecule has 2 heterocycles. The van der Waals surface area contributed by atoms with Crippen LogP contribution in [0.5, 0.6) is 0 Å². The second-order valence-electron chi connectivity index (χ2n) is 16.1. The molecular formula is C58H32N4O. The quantitative estimate of drug-likeness (QED) is 0.162. The van der Waals surface area contributed by atoms with E-state index in [2.05, 4.69) is 140 Å². The van der Waals surface area contributed by atoms with Crippen LogP contribution in [0.2, 0.25) is 0 Å². The Kier molecular flexibility index (Phi) is 7.60. The fourth-order valence-corrected chi connectivity index (χ4v) is 10.0. The van der Waals surface area contributed by atoms with Gasteiger partial charge in [0.25, 0.3) is 0 Å². The minimum absolute atomic E-state index is 0.576. The number of para-hydroxylation sites is 1. The fourth-order valence-electron chi connectivity index (χ4n) is 10.0. The Morgan fingerprint density at radius 2 is 0.825 bits per heavy atom. The van der Waals surface area contributed by atoms with Crippen molar-refractivity contribution in [2.45, 2.75) is 0 Å². The summed E-state index contributed by atoms with van der Waals surface area (Å²) in [5.74, 6) is 1.76. The van der Waals surface area contributed by atoms with Crippen molar-refractivity contribution in [2.75, 3.05) is 0 Å². The van der Waals surface area contributed by atoms with Crippen molar-refractivity contribution in [1.29, 1.82) is 5.26 Å². The smallest absolute Gasteiger partial charge is 0.165 e. The predicted octanol–water partition coefficient (Wildman–Crippen LogP) is 15.1. The van der Waals surface area contributed by atoms with Gasteiger partial charge in [0.15, 0.2) is 17.5 Å². The first-order valence-corrected chi connectivity index (χ1v) is 21.1. The van der Waals surface area contributed by atoms with Crippen LogP contribution in [0.15, 0.2) is 199 Å². The lowest BCUT2D eigenvalue weighted by atomic mass is 9.83. The lowest BCUT2D eigenvalue weighted by molar-refractivity contribution is 0.669. The summed E-state index contributed by atoms with van der Waals surface area (Å²) in [6.07, 6.45) is 0. The highest BCUT2D eigenvalue weighted by Crippen LogP contribution is 2.54. The topological polar surface area (TPSA) is 75.6 Å². The Balaban J connectivity index is 1.13. The Hall–Kier alpha value is -8.72. The van der Waals surface area contributed by atoms with Crippen molar-refractivity contribution in [3.63, 3.8) is 0 Å². The van der Waals surface area contributed by atoms with E-state index in [9.17, 15) is 5.26 Å². The number of rotatable bonds is 5. The number of nitrogens with zero attached hydrogens (tertiary/aromatic N) is 4. The van der Waals surface area contributed by atoms with Crippen molar-refractivity contribution in [3.8, 4) is 84.7 Å². The zero-order chi connectivity index (χ0) is 41.6. The monoisotopic (exact) mass is 800 g/mol. The highest BCUT2D eigenvalue weighted by atomic mass is 16.3. The summed E-state index contributed by atoms with van der Waals surface area (Å²) in [7, 11) is 0. The number of furan rings is 1. The average Bonchev–Trinajstić information content (AvgIpc) is 3.90. The molecule has 12 aromatic rings. The minimum Gasteiger partial charge on any atom is -0.456 e. The van der Waals surface area contributed by atoms with Gasteiger partial charge in [-0.1, -0.05) is 170 Å². The van der Waals surface area contributed by atoms with E-state index in [-0.39, 0.29) is 0 Å². The summed E-state index contributed by atoms with van der Waals surface area (Å²) >= 11 is 0. The summed E-state index contributed by atoms with van der Waals surface area (Å²) < 4.78 is 6.35. The zero-order valence-electron chi connectivity index (χ0n) is 33.7. The van der Waals surface area contributed by atoms with Crippen LogP contribution in [-0.2, 0) is 0 Å². The number of hydrogen-bond acceptors (Lipinski definition) is 5. The molecule has 0 bridgehead atoms. The molecule has 0 atom stereocenters. The van der Waals surface area contributed by atoms with Crippen LogP contribution in [0, 0.1) is 11.3 Å². The van der Waals surface area contributed by atoms with Crippen LogP contribution >= 0.6 is 0 Å². The predicted molar refractivity (Wildman–Crippen MR) is 256 cm³/mol. The molecule has 2 aromatic heterocycles. The summed E-state index contributed by atoms with van der Waals surface area (Å²) in [6.45, 7) is 0. The lowest BCUT2D eigenvalue weighted by Crippen LogP contribution is -2.02. The molecule has 0 spiro atoms. The molecule has 0 amide bonds. The maximum Gasteiger partial charge on any atom is 0.165 e. The van der Waals surface area contributed by atoms with Crippen molar-refractivity contribution >= 4 is 54.3 Å². The van der Waals surface area contributed by atoms with Crippen LogP contribution in [0.1, 0.15) is 5.56 Å². The molecule has 10 aromatic carbocycles. The summed E-state index contributed by atoms with van der Waals surface area (Å²) in [4.78, 5) is 16.0. The first kappa shape index (κ1) is 35.1. The summed E-state index contributed by atoms with van der Waals surface area (Å²) in [5, 5.41) is 18.4. The summed E-state index contributed by atoms with van der Waals surface area (Å²) in [6, 6.07) is 69.8. The molecule has 0 N–H and O–H groups in total. The number of nitriles is 1. The van der Waals surface area contributed by atoms with Gasteiger partial charge in [-0.15, -0.1) is 0 Å². The molecule has 1 aliphatic rings. The maximum atomic E-state index is 9.70. The van der Waals surface area contributed by atoms with Crippen LogP contribution in [-0.4, -0.2) is 15.0 Å². The van der Waals surface area contributed by atoms with Crippen LogP contribution in [0.25, 0.3) is 133 Å². The Morgan fingerprint density at radius 3 is 1.51 bits per heavy atom. The maximum absolute atomic E-state index is 9.70. The first-order valence-electron chi connectivity index (χ1n) is 21.1. The molecule has 0 unspecified atom stereocenters. The van der Waals surface area contributed by atoms with E-state index in [0.29, 0.717) is 23.0 Å². The van der Waals surface area contributed by atoms with Gasteiger partial charge in [0.2, 0.25) is 0 Å². The van der Waals surface area contributed by atoms with Crippen LogP contribution < -0.4 is 0 Å². The van der Waals surface area contributed by atoms with E-state index in [1.165, 1.54) is 33.0 Å². The molecule has 63 heavy (non-hydrogen) atoms. The normalized spacial score (nSPS) is 11.8. The Labute approximate surface area is 361 Å². The van der Waals surface area contributed by atoms with Crippen molar-refractivity contribution in [2.24, 2.45) is 0 Å². The summed E-state index contributed by atoms with van der Waals surface area (Å²) in [5.41, 5.74) is 14.4. The standard InChI is InChI=1S/C58H32N4O/c59-33-34-25-27-35(28-26-34)37-29-30-44-38-15-4-5-16-39(38)45-31-32-47(53(37)54(44)45)51-40-17-6-8-19-42(40)55(43-20-9-7-18-41(43)51)58-61-56(36-13-2-1-3-14-36)60-57(62-58)48-22-12-24-50-52(48)46-21-10-11-23-49(46)63-50/h1-32H. The van der Waals surface area contributed by atoms with Gasteiger partial charge in [-0.2, -0.15) is 5.26 Å². The number of hydrogen-bond donors (Lipinski definition) is 0. The number of benzene rings is 10. The van der Waals surface area contributed by atoms with Gasteiger partial charge >= 0.3 is 0 Å². The van der Waals surface area contributed by atoms with E-state index in [1.54, 1.807) is 0 Å². The van der Waals surface area contributed by atoms with E-state index >= 15 is 0 Å². The SMILES string of the molecule is N#Cc1ccc(-c2ccc3c4c(ccc(-c5c6ccccc6c(-c6nc(-c7ccccc7)nc(-c7cccc8oc9ccccc9c78)n6)c6ccccc56)c24)-c2ccccc2-3)cc1. The van der Waals surface area contributed by atoms with Gasteiger partial charge in [-0.3, -0.25) is 0 Å². The van der Waals surface area contributed by atoms with E-state index in [0.717, 1.165) is 82.4 Å². The van der Waals surface area contributed by atoms with Crippen LogP contribution in [0.3, 0.4) is 0 Å². The lowest BCUT2D eigenvalue weighted by Gasteiger charge is -2.20. The number of fused-ring (bicyclic) bond motifs is 8. The van der Waals surface area contributed by atoms with Gasteiger partial charge in [-0.25, -0.2) is 15.0 Å². The zero-order valence-corrected chi connectivity index (χ0v) is 33.7. The molecule has 5 heteroatoms. The third-order valence-corrected chi connectivity index (χ3v) is 12.7. The Bertz CT molecular complexity index is 3830. The molecule has 1 aliphatic carbocycles. The number of aromatic nitrogens is 3. The van der Waals surface area contributed by atoms with Gasteiger partial charge in [0.1, 0.15) is 11.2 Å². The largest absolute Gasteiger partial charge is 0.456 e. The first-order chi connectivity index (χ1) is 31.2. The van der Waals surface area contributed by atoms with Gasteiger partial charge < -0.3 is 4.42 Å². The third kappa shape index (κ3) is 5.26. The van der Waals surface area contributed by atoms with E-state index in [1.807, 2.05) is 60.7 Å². The van der Waals surface area contributed by atoms with E-state index < -0.39 is 0 Å². The van der Waals surface area contributed by atoms with Crippen molar-refractivity contribution < 1.29 is 4.42 Å². The van der Waals surface area contributed by atoms with E-state index in [4.69, 9.17) is 19.4 Å². The molecule has 0 fully saturated rings. The fraction of sp³-hybridized carbons (Fsp3) is 0. The van der Waals surface area contributed by atoms with Gasteiger partial charge in [-0.05, 0) is 101 Å². The molecule has 0 saturated heterocycles. The van der Waals surface area contributed by atoms with Crippen molar-refractivity contribution in [3.05, 3.63) is 200 Å². The van der Waals surface area contributed by atoms with Crippen molar-refractivity contribution in [1.82, 2.24) is 15.0 Å². The average molecular weight is 801 g/mol. The molecular weight excluding hydrogens is 769 g/mol. The second-order valence-corrected chi connectivity index (χ2v) is 16.1. The molecule has 0 radical (unpaired) electrons. The molecule has 0 saturated carbocycles. The van der Waals surface area contributed by atoms with Gasteiger partial charge in [0, 0.05) is 27.5 Å². The third-order valence-electron chi connectivity index (χ3n) is 12.7. The second kappa shape index (κ2) is 13.7. The Morgan fingerprint density at radius 1 is 0.317 bits per heavy atom. The molecule has 5 nitrogen and oxygen atoms in total. The molecule has 13 rings (SSSR count). The van der Waals surface area contributed by atoms with Gasteiger partial charge in [0.05, 0.1) is 11.6 Å². The highest BCUT2D eigenvalue weighted by Gasteiger charge is 2.28. The highest BCUT2D eigenvalue weighted by molar-refractivity contribution is 6.28. The molecule has 290 valence electrons. The van der Waals surface area contributed by atoms with Crippen LogP contribution in [0.4, 0.5) is 0 Å².